The van der Waals surface area contributed by atoms with Gasteiger partial charge in [-0.05, 0) is 38.2 Å². The predicted molar refractivity (Wildman–Crippen MR) is 121 cm³/mol. The minimum Gasteiger partial charge on any atom is -0.493 e. The first-order valence-corrected chi connectivity index (χ1v) is 9.40. The lowest BCUT2D eigenvalue weighted by Gasteiger charge is -2.15. The molecule has 5 nitrogen and oxygen atoms in total. The normalized spacial score (nSPS) is 11.2. The molecule has 2 N–H and O–H groups in total. The van der Waals surface area contributed by atoms with Gasteiger partial charge in [0.05, 0.1) is 6.61 Å². The molecule has 1 rings (SSSR count). The van der Waals surface area contributed by atoms with Crippen molar-refractivity contribution < 1.29 is 9.47 Å². The van der Waals surface area contributed by atoms with Crippen LogP contribution in [-0.2, 0) is 11.3 Å². The van der Waals surface area contributed by atoms with Crippen LogP contribution in [0.15, 0.2) is 29.3 Å². The second-order valence-electron chi connectivity index (χ2n) is 6.40. The maximum absolute atomic E-state index is 5.94. The van der Waals surface area contributed by atoms with E-state index in [1.54, 1.807) is 7.05 Å². The van der Waals surface area contributed by atoms with Crippen molar-refractivity contribution in [1.29, 1.82) is 0 Å². The first-order valence-electron chi connectivity index (χ1n) is 9.40. The van der Waals surface area contributed by atoms with Gasteiger partial charge in [0.25, 0.3) is 0 Å². The van der Waals surface area contributed by atoms with Gasteiger partial charge in [-0.15, -0.1) is 24.0 Å². The Kier molecular flexibility index (Phi) is 15.5. The van der Waals surface area contributed by atoms with Crippen LogP contribution < -0.4 is 15.4 Å². The van der Waals surface area contributed by atoms with E-state index in [0.717, 1.165) is 62.9 Å². The van der Waals surface area contributed by atoms with E-state index in [4.69, 9.17) is 9.47 Å². The average molecular weight is 477 g/mol. The summed E-state index contributed by atoms with van der Waals surface area (Å²) in [6.45, 7) is 10.4. The summed E-state index contributed by atoms with van der Waals surface area (Å²) in [5, 5.41) is 6.69. The summed E-state index contributed by atoms with van der Waals surface area (Å²) < 4.78 is 11.3. The third-order valence-corrected chi connectivity index (χ3v) is 3.81. The van der Waals surface area contributed by atoms with E-state index < -0.39 is 0 Å². The topological polar surface area (TPSA) is 54.9 Å². The fraction of sp³-hybridized carbons (Fsp3) is 0.650. The molecule has 1 aromatic carbocycles. The molecule has 6 heteroatoms. The lowest BCUT2D eigenvalue weighted by Crippen LogP contribution is -2.37. The van der Waals surface area contributed by atoms with Gasteiger partial charge in [0.2, 0.25) is 0 Å². The molecule has 0 aliphatic heterocycles. The van der Waals surface area contributed by atoms with E-state index in [2.05, 4.69) is 35.5 Å². The van der Waals surface area contributed by atoms with Crippen LogP contribution in [0.5, 0.6) is 5.75 Å². The van der Waals surface area contributed by atoms with E-state index in [1.807, 2.05) is 25.1 Å². The average Bonchev–Trinajstić information content (AvgIpc) is 2.61. The number of nitrogens with one attached hydrogen (secondary N) is 2. The Morgan fingerprint density at radius 2 is 1.88 bits per heavy atom. The molecule has 150 valence electrons. The minimum absolute atomic E-state index is 0. The standard InChI is InChI=1S/C20H35N3O2.HI/c1-5-24-14-9-8-13-22-20(21-4)23-16-18-10-6-7-11-19(18)25-15-12-17(2)3;/h6-7,10-11,17H,5,8-9,12-16H2,1-4H3,(H2,21,22,23);1H. The molecule has 26 heavy (non-hydrogen) atoms. The minimum atomic E-state index is 0. The summed E-state index contributed by atoms with van der Waals surface area (Å²) in [6, 6.07) is 8.17. The Labute approximate surface area is 176 Å². The SMILES string of the molecule is CCOCCCCNC(=NC)NCc1ccccc1OCCC(C)C.I. The number of halogens is 1. The van der Waals surface area contributed by atoms with Crippen LogP contribution in [0, 0.1) is 5.92 Å². The van der Waals surface area contributed by atoms with E-state index in [0.29, 0.717) is 12.5 Å². The highest BCUT2D eigenvalue weighted by atomic mass is 127. The number of hydrogen-bond acceptors (Lipinski definition) is 3. The summed E-state index contributed by atoms with van der Waals surface area (Å²) in [4.78, 5) is 4.27. The number of para-hydroxylation sites is 1. The third-order valence-electron chi connectivity index (χ3n) is 3.81. The molecule has 0 radical (unpaired) electrons. The molecular formula is C20H36IN3O2. The monoisotopic (exact) mass is 477 g/mol. The van der Waals surface area contributed by atoms with Crippen LogP contribution in [0.3, 0.4) is 0 Å². The van der Waals surface area contributed by atoms with Gasteiger partial charge in [-0.1, -0.05) is 32.0 Å². The van der Waals surface area contributed by atoms with Gasteiger partial charge in [-0.3, -0.25) is 4.99 Å². The van der Waals surface area contributed by atoms with Crippen molar-refractivity contribution >= 4 is 29.9 Å². The van der Waals surface area contributed by atoms with E-state index in [-0.39, 0.29) is 24.0 Å². The highest BCUT2D eigenvalue weighted by molar-refractivity contribution is 14.0. The molecule has 0 saturated carbocycles. The smallest absolute Gasteiger partial charge is 0.191 e. The van der Waals surface area contributed by atoms with Crippen LogP contribution >= 0.6 is 24.0 Å². The zero-order valence-corrected chi connectivity index (χ0v) is 19.0. The second-order valence-corrected chi connectivity index (χ2v) is 6.40. The zero-order valence-electron chi connectivity index (χ0n) is 16.7. The number of hydrogen-bond donors (Lipinski definition) is 2. The second kappa shape index (κ2) is 16.2. The Balaban J connectivity index is 0.00000625. The number of aliphatic imine (C=N–C) groups is 1. The fourth-order valence-corrected chi connectivity index (χ4v) is 2.28. The maximum Gasteiger partial charge on any atom is 0.191 e. The molecular weight excluding hydrogens is 441 g/mol. The quantitative estimate of drug-likeness (QED) is 0.205. The largest absolute Gasteiger partial charge is 0.493 e. The van der Waals surface area contributed by atoms with Crippen molar-refractivity contribution in [2.24, 2.45) is 10.9 Å². The first kappa shape index (κ1) is 25.0. The summed E-state index contributed by atoms with van der Waals surface area (Å²) in [7, 11) is 1.79. The number of unbranched alkanes of at least 4 members (excludes halogenated alkanes) is 1. The van der Waals surface area contributed by atoms with Crippen molar-refractivity contribution in [3.8, 4) is 5.75 Å². The van der Waals surface area contributed by atoms with Crippen molar-refractivity contribution in [2.75, 3.05) is 33.4 Å². The zero-order chi connectivity index (χ0) is 18.3. The molecule has 0 fully saturated rings. The van der Waals surface area contributed by atoms with Gasteiger partial charge in [-0.25, -0.2) is 0 Å². The number of benzene rings is 1. The molecule has 0 unspecified atom stereocenters. The summed E-state index contributed by atoms with van der Waals surface area (Å²) >= 11 is 0. The molecule has 1 aromatic rings. The summed E-state index contributed by atoms with van der Waals surface area (Å²) in [5.41, 5.74) is 1.14. The maximum atomic E-state index is 5.94. The van der Waals surface area contributed by atoms with E-state index >= 15 is 0 Å². The molecule has 0 heterocycles. The molecule has 0 atom stereocenters. The van der Waals surface area contributed by atoms with Gasteiger partial charge >= 0.3 is 0 Å². The van der Waals surface area contributed by atoms with Crippen LogP contribution in [0.1, 0.15) is 45.6 Å². The lowest BCUT2D eigenvalue weighted by atomic mass is 10.1. The first-order chi connectivity index (χ1) is 12.2. The molecule has 0 saturated heterocycles. The molecule has 0 aliphatic carbocycles. The molecule has 0 bridgehead atoms. The Morgan fingerprint density at radius 3 is 2.58 bits per heavy atom. The van der Waals surface area contributed by atoms with Crippen LogP contribution in [-0.4, -0.2) is 39.4 Å². The van der Waals surface area contributed by atoms with E-state index in [9.17, 15) is 0 Å². The van der Waals surface area contributed by atoms with Crippen LogP contribution in [0.2, 0.25) is 0 Å². The van der Waals surface area contributed by atoms with E-state index in [1.165, 1.54) is 0 Å². The molecule has 0 spiro atoms. The van der Waals surface area contributed by atoms with Crippen molar-refractivity contribution in [1.82, 2.24) is 10.6 Å². The predicted octanol–water partition coefficient (Wildman–Crippen LogP) is 4.21. The molecule has 0 aliphatic rings. The lowest BCUT2D eigenvalue weighted by molar-refractivity contribution is 0.143. The van der Waals surface area contributed by atoms with Crippen LogP contribution in [0.25, 0.3) is 0 Å². The Hall–Kier alpha value is -1.02. The van der Waals surface area contributed by atoms with Crippen molar-refractivity contribution in [3.63, 3.8) is 0 Å². The fourth-order valence-electron chi connectivity index (χ4n) is 2.28. The van der Waals surface area contributed by atoms with Crippen LogP contribution in [0.4, 0.5) is 0 Å². The van der Waals surface area contributed by atoms with Gasteiger partial charge < -0.3 is 20.1 Å². The number of rotatable bonds is 12. The number of guanidine groups is 1. The van der Waals surface area contributed by atoms with Gasteiger partial charge in [0.1, 0.15) is 5.75 Å². The molecule has 0 aromatic heterocycles. The van der Waals surface area contributed by atoms with Gasteiger partial charge in [0.15, 0.2) is 5.96 Å². The Bertz CT molecular complexity index is 496. The Morgan fingerprint density at radius 1 is 1.12 bits per heavy atom. The summed E-state index contributed by atoms with van der Waals surface area (Å²) in [5.74, 6) is 2.41. The molecule has 0 amide bonds. The number of nitrogens with zero attached hydrogens (tertiary/aromatic N) is 1. The highest BCUT2D eigenvalue weighted by Crippen LogP contribution is 2.18. The van der Waals surface area contributed by atoms with Crippen molar-refractivity contribution in [3.05, 3.63) is 29.8 Å². The number of ether oxygens (including phenoxy) is 2. The van der Waals surface area contributed by atoms with Gasteiger partial charge in [0, 0.05) is 38.9 Å². The van der Waals surface area contributed by atoms with Crippen molar-refractivity contribution in [2.45, 2.75) is 46.6 Å². The highest BCUT2D eigenvalue weighted by Gasteiger charge is 2.05. The van der Waals surface area contributed by atoms with Gasteiger partial charge in [-0.2, -0.15) is 0 Å². The summed E-state index contributed by atoms with van der Waals surface area (Å²) in [6.07, 6.45) is 3.19. The third kappa shape index (κ3) is 11.6.